The fourth-order valence-corrected chi connectivity index (χ4v) is 2.69. The third-order valence-corrected chi connectivity index (χ3v) is 3.84. The van der Waals surface area contributed by atoms with E-state index in [1.54, 1.807) is 45.0 Å². The fraction of sp³-hybridized carbons (Fsp3) is 0.350. The number of ether oxygens (including phenoxy) is 1. The molecular weight excluding hydrogens is 389 g/mol. The number of aliphatic imine (C=N–C) groups is 1. The maximum absolute atomic E-state index is 15.0. The van der Waals surface area contributed by atoms with Gasteiger partial charge in [0.25, 0.3) is 0 Å². The van der Waals surface area contributed by atoms with Gasteiger partial charge in [-0.1, -0.05) is 0 Å². The number of hydrogen-bond acceptors (Lipinski definition) is 6. The van der Waals surface area contributed by atoms with E-state index in [-0.39, 0.29) is 11.4 Å². The fourth-order valence-electron chi connectivity index (χ4n) is 2.69. The lowest BCUT2D eigenvalue weighted by molar-refractivity contribution is 0.0636. The highest BCUT2D eigenvalue weighted by Crippen LogP contribution is 2.29. The molecule has 1 amide bonds. The minimum absolute atomic E-state index is 0.180. The van der Waals surface area contributed by atoms with E-state index in [9.17, 15) is 9.18 Å². The van der Waals surface area contributed by atoms with Gasteiger partial charge in [0.15, 0.2) is 11.6 Å². The SMILES string of the molecule is Cc1nn(-c2ccc(NC(=O)OC(C)(C)C)cc2F)c2c(N=CN(C)C)ncnc12. The first-order valence-electron chi connectivity index (χ1n) is 9.26. The Kier molecular flexibility index (Phi) is 5.68. The molecule has 2 aromatic heterocycles. The third kappa shape index (κ3) is 4.70. The van der Waals surface area contributed by atoms with Gasteiger partial charge in [-0.05, 0) is 45.9 Å². The Balaban J connectivity index is 2.01. The monoisotopic (exact) mass is 413 g/mol. The molecule has 0 unspecified atom stereocenters. The summed E-state index contributed by atoms with van der Waals surface area (Å²) in [6.45, 7) is 7.03. The number of amides is 1. The summed E-state index contributed by atoms with van der Waals surface area (Å²) >= 11 is 0. The zero-order chi connectivity index (χ0) is 22.1. The van der Waals surface area contributed by atoms with Crippen LogP contribution in [0.2, 0.25) is 0 Å². The molecule has 0 saturated heterocycles. The van der Waals surface area contributed by atoms with Crippen LogP contribution in [0.25, 0.3) is 16.7 Å². The van der Waals surface area contributed by atoms with E-state index in [4.69, 9.17) is 4.74 Å². The average Bonchev–Trinajstić information content (AvgIpc) is 2.96. The quantitative estimate of drug-likeness (QED) is 0.516. The normalized spacial score (nSPS) is 11.8. The van der Waals surface area contributed by atoms with Crippen molar-refractivity contribution >= 4 is 35.0 Å². The smallest absolute Gasteiger partial charge is 0.412 e. The topological polar surface area (TPSA) is 97.5 Å². The van der Waals surface area contributed by atoms with Gasteiger partial charge in [-0.15, -0.1) is 0 Å². The molecule has 0 aliphatic heterocycles. The Bertz CT molecular complexity index is 1120. The van der Waals surface area contributed by atoms with Crippen molar-refractivity contribution in [1.82, 2.24) is 24.6 Å². The highest BCUT2D eigenvalue weighted by atomic mass is 19.1. The van der Waals surface area contributed by atoms with Crippen molar-refractivity contribution in [2.75, 3.05) is 19.4 Å². The molecule has 0 fully saturated rings. The van der Waals surface area contributed by atoms with Gasteiger partial charge >= 0.3 is 6.09 Å². The maximum Gasteiger partial charge on any atom is 0.412 e. The molecule has 1 aromatic carbocycles. The van der Waals surface area contributed by atoms with Crippen LogP contribution in [0, 0.1) is 12.7 Å². The van der Waals surface area contributed by atoms with Crippen molar-refractivity contribution in [3.8, 4) is 5.69 Å². The summed E-state index contributed by atoms with van der Waals surface area (Å²) in [5.41, 5.74) is 1.47. The van der Waals surface area contributed by atoms with Crippen molar-refractivity contribution in [3.05, 3.63) is 36.0 Å². The predicted molar refractivity (Wildman–Crippen MR) is 113 cm³/mol. The van der Waals surface area contributed by atoms with Gasteiger partial charge < -0.3 is 9.64 Å². The van der Waals surface area contributed by atoms with Gasteiger partial charge in [0.1, 0.15) is 28.6 Å². The molecule has 0 radical (unpaired) electrons. The Labute approximate surface area is 173 Å². The van der Waals surface area contributed by atoms with E-state index in [1.807, 2.05) is 14.1 Å². The largest absolute Gasteiger partial charge is 0.444 e. The van der Waals surface area contributed by atoms with Crippen molar-refractivity contribution in [1.29, 1.82) is 0 Å². The molecule has 0 saturated carbocycles. The van der Waals surface area contributed by atoms with Crippen LogP contribution < -0.4 is 5.32 Å². The number of carbonyl (C=O) groups is 1. The number of aryl methyl sites for hydroxylation is 1. The highest BCUT2D eigenvalue weighted by molar-refractivity contribution is 5.89. The molecule has 1 N–H and O–H groups in total. The van der Waals surface area contributed by atoms with Crippen molar-refractivity contribution in [2.24, 2.45) is 4.99 Å². The van der Waals surface area contributed by atoms with Crippen LogP contribution in [0.1, 0.15) is 26.5 Å². The molecule has 0 atom stereocenters. The molecule has 0 bridgehead atoms. The first-order valence-corrected chi connectivity index (χ1v) is 9.26. The summed E-state index contributed by atoms with van der Waals surface area (Å²) in [6, 6.07) is 4.28. The highest BCUT2D eigenvalue weighted by Gasteiger charge is 2.19. The van der Waals surface area contributed by atoms with Gasteiger partial charge in [-0.3, -0.25) is 5.32 Å². The Morgan fingerprint density at radius 1 is 1.30 bits per heavy atom. The average molecular weight is 413 g/mol. The molecule has 2 heterocycles. The molecule has 10 heteroatoms. The molecule has 0 aliphatic carbocycles. The van der Waals surface area contributed by atoms with E-state index in [1.165, 1.54) is 23.1 Å². The molecule has 30 heavy (non-hydrogen) atoms. The number of anilines is 1. The van der Waals surface area contributed by atoms with Crippen LogP contribution in [0.4, 0.5) is 20.7 Å². The number of nitrogens with zero attached hydrogens (tertiary/aromatic N) is 6. The number of benzene rings is 1. The van der Waals surface area contributed by atoms with Gasteiger partial charge in [-0.2, -0.15) is 5.10 Å². The second-order valence-corrected chi connectivity index (χ2v) is 7.89. The number of aromatic nitrogens is 4. The molecule has 3 aromatic rings. The molecule has 158 valence electrons. The van der Waals surface area contributed by atoms with E-state index in [2.05, 4.69) is 25.4 Å². The Morgan fingerprint density at radius 2 is 2.03 bits per heavy atom. The first kappa shape index (κ1) is 21.2. The van der Waals surface area contributed by atoms with Gasteiger partial charge in [0.2, 0.25) is 0 Å². The van der Waals surface area contributed by atoms with Crippen LogP contribution in [-0.4, -0.2) is 56.8 Å². The van der Waals surface area contributed by atoms with Gasteiger partial charge in [0.05, 0.1) is 12.0 Å². The van der Waals surface area contributed by atoms with Crippen molar-refractivity contribution in [3.63, 3.8) is 0 Å². The lowest BCUT2D eigenvalue weighted by atomic mass is 10.2. The van der Waals surface area contributed by atoms with Gasteiger partial charge in [-0.25, -0.2) is 28.8 Å². The number of nitrogens with one attached hydrogen (secondary N) is 1. The first-order chi connectivity index (χ1) is 14.0. The summed E-state index contributed by atoms with van der Waals surface area (Å²) in [5.74, 6) is -0.219. The second kappa shape index (κ2) is 8.05. The van der Waals surface area contributed by atoms with E-state index in [0.29, 0.717) is 22.5 Å². The lowest BCUT2D eigenvalue weighted by Crippen LogP contribution is -2.27. The summed E-state index contributed by atoms with van der Waals surface area (Å²) in [4.78, 5) is 26.5. The Hall–Kier alpha value is -3.56. The summed E-state index contributed by atoms with van der Waals surface area (Å²) in [5, 5.41) is 6.94. The number of rotatable bonds is 4. The zero-order valence-electron chi connectivity index (χ0n) is 17.8. The second-order valence-electron chi connectivity index (χ2n) is 7.89. The van der Waals surface area contributed by atoms with Crippen LogP contribution in [0.3, 0.4) is 0 Å². The number of fused-ring (bicyclic) bond motifs is 1. The summed E-state index contributed by atoms with van der Waals surface area (Å²) in [6.07, 6.45) is 2.33. The minimum atomic E-state index is -0.663. The molecule has 0 spiro atoms. The van der Waals surface area contributed by atoms with Crippen LogP contribution in [-0.2, 0) is 4.74 Å². The van der Waals surface area contributed by atoms with Crippen LogP contribution >= 0.6 is 0 Å². The van der Waals surface area contributed by atoms with Gasteiger partial charge in [0, 0.05) is 19.8 Å². The number of carbonyl (C=O) groups excluding carboxylic acids is 1. The molecule has 3 rings (SSSR count). The number of hydrogen-bond donors (Lipinski definition) is 1. The predicted octanol–water partition coefficient (Wildman–Crippen LogP) is 3.83. The van der Waals surface area contributed by atoms with E-state index in [0.717, 1.165) is 0 Å². The third-order valence-electron chi connectivity index (χ3n) is 3.84. The Morgan fingerprint density at radius 3 is 2.67 bits per heavy atom. The van der Waals surface area contributed by atoms with E-state index < -0.39 is 17.5 Å². The standard InChI is InChI=1S/C20H24FN7O2/c1-12-16-17(18(23-10-22-16)24-11-27(5)6)28(26-12)15-8-7-13(9-14(15)21)25-19(29)30-20(2,3)4/h7-11H,1-6H3,(H,25,29). The zero-order valence-corrected chi connectivity index (χ0v) is 17.8. The maximum atomic E-state index is 15.0. The summed E-state index contributed by atoms with van der Waals surface area (Å²) < 4.78 is 21.6. The van der Waals surface area contributed by atoms with E-state index >= 15 is 0 Å². The molecule has 9 nitrogen and oxygen atoms in total. The molecular formula is C20H24FN7O2. The van der Waals surface area contributed by atoms with Crippen molar-refractivity contribution < 1.29 is 13.9 Å². The van der Waals surface area contributed by atoms with Crippen molar-refractivity contribution in [2.45, 2.75) is 33.3 Å². The minimum Gasteiger partial charge on any atom is -0.444 e. The summed E-state index contributed by atoms with van der Waals surface area (Å²) in [7, 11) is 3.67. The lowest BCUT2D eigenvalue weighted by Gasteiger charge is -2.19. The van der Waals surface area contributed by atoms with Crippen LogP contribution in [0.5, 0.6) is 0 Å². The molecule has 0 aliphatic rings. The van der Waals surface area contributed by atoms with Crippen LogP contribution in [0.15, 0.2) is 29.5 Å². The number of halogens is 1.